The van der Waals surface area contributed by atoms with Crippen molar-refractivity contribution in [1.82, 2.24) is 0 Å². The second-order valence-electron chi connectivity index (χ2n) is 3.74. The van der Waals surface area contributed by atoms with E-state index in [1.165, 1.54) is 0 Å². The summed E-state index contributed by atoms with van der Waals surface area (Å²) >= 11 is 0. The second-order valence-corrected chi connectivity index (χ2v) is 3.74. The number of rotatable bonds is 4. The first-order valence-corrected chi connectivity index (χ1v) is 5.04. The van der Waals surface area contributed by atoms with Crippen LogP contribution in [0.4, 0.5) is 0 Å². The summed E-state index contributed by atoms with van der Waals surface area (Å²) in [6.07, 6.45) is 4.76. The van der Waals surface area contributed by atoms with Gasteiger partial charge in [0.05, 0.1) is 12.2 Å². The molecule has 0 spiro atoms. The highest BCUT2D eigenvalue weighted by Crippen LogP contribution is 2.33. The summed E-state index contributed by atoms with van der Waals surface area (Å²) in [5.74, 6) is -0.192. The van der Waals surface area contributed by atoms with E-state index in [0.717, 1.165) is 25.7 Å². The maximum absolute atomic E-state index is 11.0. The normalized spacial score (nSPS) is 20.2. The molecule has 13 heavy (non-hydrogen) atoms. The van der Waals surface area contributed by atoms with Gasteiger partial charge in [-0.1, -0.05) is 12.8 Å². The zero-order chi connectivity index (χ0) is 9.73. The molecule has 1 saturated carbocycles. The van der Waals surface area contributed by atoms with Crippen LogP contribution in [0.15, 0.2) is 0 Å². The maximum atomic E-state index is 11.0. The van der Waals surface area contributed by atoms with Gasteiger partial charge in [-0.2, -0.15) is 0 Å². The zero-order valence-electron chi connectivity index (χ0n) is 8.21. The molecule has 0 aliphatic heterocycles. The molecular weight excluding hydrogens is 168 g/mol. The number of hydrogen-bond donors (Lipinski definition) is 1. The molecular formula is C10H18O3. The van der Waals surface area contributed by atoms with Gasteiger partial charge in [0.1, 0.15) is 0 Å². The molecule has 0 radical (unpaired) electrons. The number of hydrogen-bond acceptors (Lipinski definition) is 3. The lowest BCUT2D eigenvalue weighted by atomic mass is 9.96. The van der Waals surface area contributed by atoms with Crippen molar-refractivity contribution in [2.45, 2.75) is 51.0 Å². The third kappa shape index (κ3) is 3.35. The molecule has 1 aliphatic carbocycles. The molecule has 1 aliphatic rings. The summed E-state index contributed by atoms with van der Waals surface area (Å²) in [7, 11) is 0. The predicted molar refractivity (Wildman–Crippen MR) is 49.3 cm³/mol. The standard InChI is InChI=1S/C10H18O3/c1-2-13-9(11)5-8-10(12)6-3-4-7-10/h12H,2-8H2,1H3. The molecule has 1 N–H and O–H groups in total. The van der Waals surface area contributed by atoms with Gasteiger partial charge in [0, 0.05) is 6.42 Å². The molecule has 0 amide bonds. The first-order chi connectivity index (χ1) is 6.16. The Kier molecular flexibility index (Phi) is 3.72. The van der Waals surface area contributed by atoms with Crippen LogP contribution in [-0.2, 0) is 9.53 Å². The smallest absolute Gasteiger partial charge is 0.305 e. The Labute approximate surface area is 79.1 Å². The Balaban J connectivity index is 2.21. The topological polar surface area (TPSA) is 46.5 Å². The molecule has 0 unspecified atom stereocenters. The number of carbonyl (C=O) groups excluding carboxylic acids is 1. The zero-order valence-corrected chi connectivity index (χ0v) is 8.21. The van der Waals surface area contributed by atoms with E-state index in [0.29, 0.717) is 19.4 Å². The maximum Gasteiger partial charge on any atom is 0.305 e. The molecule has 1 rings (SSSR count). The van der Waals surface area contributed by atoms with Crippen molar-refractivity contribution < 1.29 is 14.6 Å². The van der Waals surface area contributed by atoms with Crippen LogP contribution in [0, 0.1) is 0 Å². The second kappa shape index (κ2) is 4.61. The average Bonchev–Trinajstić information content (AvgIpc) is 2.51. The average molecular weight is 186 g/mol. The van der Waals surface area contributed by atoms with Gasteiger partial charge in [0.25, 0.3) is 0 Å². The molecule has 1 fully saturated rings. The van der Waals surface area contributed by atoms with E-state index in [4.69, 9.17) is 4.74 Å². The highest BCUT2D eigenvalue weighted by atomic mass is 16.5. The molecule has 0 saturated heterocycles. The van der Waals surface area contributed by atoms with Crippen LogP contribution < -0.4 is 0 Å². The van der Waals surface area contributed by atoms with E-state index in [2.05, 4.69) is 0 Å². The third-order valence-electron chi connectivity index (χ3n) is 2.63. The predicted octanol–water partition coefficient (Wildman–Crippen LogP) is 1.63. The fourth-order valence-electron chi connectivity index (χ4n) is 1.85. The van der Waals surface area contributed by atoms with Crippen molar-refractivity contribution in [3.8, 4) is 0 Å². The SMILES string of the molecule is CCOC(=O)CCC1(O)CCCC1. The van der Waals surface area contributed by atoms with Gasteiger partial charge >= 0.3 is 5.97 Å². The van der Waals surface area contributed by atoms with Gasteiger partial charge < -0.3 is 9.84 Å². The summed E-state index contributed by atoms with van der Waals surface area (Å²) in [6, 6.07) is 0. The minimum Gasteiger partial charge on any atom is -0.466 e. The van der Waals surface area contributed by atoms with Crippen molar-refractivity contribution in [3.63, 3.8) is 0 Å². The fourth-order valence-corrected chi connectivity index (χ4v) is 1.85. The summed E-state index contributed by atoms with van der Waals surface area (Å²) in [4.78, 5) is 11.0. The largest absolute Gasteiger partial charge is 0.466 e. The van der Waals surface area contributed by atoms with E-state index in [1.807, 2.05) is 0 Å². The summed E-state index contributed by atoms with van der Waals surface area (Å²) < 4.78 is 4.80. The summed E-state index contributed by atoms with van der Waals surface area (Å²) in [5, 5.41) is 9.90. The fraction of sp³-hybridized carbons (Fsp3) is 0.900. The number of ether oxygens (including phenoxy) is 1. The van der Waals surface area contributed by atoms with Gasteiger partial charge in [-0.3, -0.25) is 4.79 Å². The molecule has 3 nitrogen and oxygen atoms in total. The van der Waals surface area contributed by atoms with Gasteiger partial charge in [-0.05, 0) is 26.2 Å². The van der Waals surface area contributed by atoms with Gasteiger partial charge in [-0.25, -0.2) is 0 Å². The van der Waals surface area contributed by atoms with Gasteiger partial charge in [-0.15, -0.1) is 0 Å². The number of aliphatic hydroxyl groups is 1. The molecule has 0 atom stereocenters. The van der Waals surface area contributed by atoms with Crippen LogP contribution in [-0.4, -0.2) is 23.3 Å². The molecule has 0 aromatic rings. The van der Waals surface area contributed by atoms with Gasteiger partial charge in [0.2, 0.25) is 0 Å². The lowest BCUT2D eigenvalue weighted by molar-refractivity contribution is -0.144. The van der Waals surface area contributed by atoms with E-state index in [9.17, 15) is 9.90 Å². The van der Waals surface area contributed by atoms with Crippen molar-refractivity contribution in [3.05, 3.63) is 0 Å². The van der Waals surface area contributed by atoms with Crippen molar-refractivity contribution >= 4 is 5.97 Å². The summed E-state index contributed by atoms with van der Waals surface area (Å²) in [5.41, 5.74) is -0.577. The summed E-state index contributed by atoms with van der Waals surface area (Å²) in [6.45, 7) is 2.22. The molecule has 0 aromatic carbocycles. The molecule has 0 bridgehead atoms. The highest BCUT2D eigenvalue weighted by molar-refractivity contribution is 5.69. The van der Waals surface area contributed by atoms with Crippen LogP contribution >= 0.6 is 0 Å². The van der Waals surface area contributed by atoms with Crippen molar-refractivity contribution in [1.29, 1.82) is 0 Å². The highest BCUT2D eigenvalue weighted by Gasteiger charge is 2.31. The molecule has 76 valence electrons. The van der Waals surface area contributed by atoms with E-state index in [-0.39, 0.29) is 5.97 Å². The first-order valence-electron chi connectivity index (χ1n) is 5.04. The van der Waals surface area contributed by atoms with Crippen LogP contribution in [0.3, 0.4) is 0 Å². The molecule has 0 aromatic heterocycles. The van der Waals surface area contributed by atoms with Crippen molar-refractivity contribution in [2.75, 3.05) is 6.61 Å². The Bertz CT molecular complexity index is 171. The number of esters is 1. The third-order valence-corrected chi connectivity index (χ3v) is 2.63. The Morgan fingerprint density at radius 1 is 1.46 bits per heavy atom. The minimum atomic E-state index is -0.577. The molecule has 0 heterocycles. The van der Waals surface area contributed by atoms with Crippen LogP contribution in [0.25, 0.3) is 0 Å². The Hall–Kier alpha value is -0.570. The van der Waals surface area contributed by atoms with Crippen LogP contribution in [0.5, 0.6) is 0 Å². The van der Waals surface area contributed by atoms with Crippen LogP contribution in [0.1, 0.15) is 45.4 Å². The lowest BCUT2D eigenvalue weighted by Crippen LogP contribution is -2.25. The van der Waals surface area contributed by atoms with E-state index >= 15 is 0 Å². The quantitative estimate of drug-likeness (QED) is 0.679. The minimum absolute atomic E-state index is 0.192. The Morgan fingerprint density at radius 2 is 2.08 bits per heavy atom. The van der Waals surface area contributed by atoms with E-state index in [1.54, 1.807) is 6.92 Å². The molecule has 3 heteroatoms. The van der Waals surface area contributed by atoms with E-state index < -0.39 is 5.60 Å². The lowest BCUT2D eigenvalue weighted by Gasteiger charge is -2.20. The van der Waals surface area contributed by atoms with Gasteiger partial charge in [0.15, 0.2) is 0 Å². The monoisotopic (exact) mass is 186 g/mol. The first kappa shape index (κ1) is 10.5. The van der Waals surface area contributed by atoms with Crippen LogP contribution in [0.2, 0.25) is 0 Å². The van der Waals surface area contributed by atoms with Crippen molar-refractivity contribution in [2.24, 2.45) is 0 Å². The Morgan fingerprint density at radius 3 is 2.62 bits per heavy atom. The number of carbonyl (C=O) groups is 1.